The minimum Gasteiger partial charge on any atom is -0.459 e. The van der Waals surface area contributed by atoms with Crippen LogP contribution in [0, 0.1) is 46.3 Å². The predicted molar refractivity (Wildman–Crippen MR) is 302 cm³/mol. The fraction of sp³-hybridized carbons (Fsp3) is 0.785. The second kappa shape index (κ2) is 24.9. The van der Waals surface area contributed by atoms with Crippen LogP contribution in [0.1, 0.15) is 158 Å². The highest BCUT2D eigenvalue weighted by atomic mass is 16.8. The second-order valence-corrected chi connectivity index (χ2v) is 27.3. The first-order valence-corrected chi connectivity index (χ1v) is 31.6. The van der Waals surface area contributed by atoms with Crippen LogP contribution in [0.25, 0.3) is 0 Å². The van der Waals surface area contributed by atoms with Crippen molar-refractivity contribution in [1.29, 1.82) is 0 Å². The van der Waals surface area contributed by atoms with Gasteiger partial charge in [-0.25, -0.2) is 4.79 Å². The van der Waals surface area contributed by atoms with Crippen molar-refractivity contribution in [3.63, 3.8) is 0 Å². The minimum absolute atomic E-state index is 0.0691. The van der Waals surface area contributed by atoms with Crippen LogP contribution in [0.3, 0.4) is 0 Å². The third-order valence-corrected chi connectivity index (χ3v) is 21.0. The van der Waals surface area contributed by atoms with Gasteiger partial charge in [-0.2, -0.15) is 0 Å². The standard InChI is InChI=1S/C65H90O22/c1-31-21-26-65(73-29-31)32(2)48-46(85-65)28-45-43-20-19-41-27-42(22-24-63(41,12)44(43)23-25-64(45,48)13)81-60-56(80-39(9)70)53(78-37(7)68)51(47(82-60)30-72-58(71)40-17-15-14-16-18-40)84-61-57-54(86-62(10,11)87-57)50(34(4)75-61)83-59-55(79-38(8)69)52(77-36(6)67)49(33(3)74-59)76-35(5)66/h14-19,31-34,42-57,59-61H,20-30H2,1-13H3/t31-,32+,33+,34+,42+,43-,44+,45+,46+,47-,48+,49+,50+,51-,52-,53+,54-,55-,56-,57-,59+,60-,61+,63+,64+,65-/m1/s1. The van der Waals surface area contributed by atoms with E-state index in [0.29, 0.717) is 48.3 Å². The largest absolute Gasteiger partial charge is 0.459 e. The molecule has 0 amide bonds. The van der Waals surface area contributed by atoms with Gasteiger partial charge in [-0.1, -0.05) is 57.5 Å². The van der Waals surface area contributed by atoms with Crippen molar-refractivity contribution in [3.8, 4) is 0 Å². The highest BCUT2D eigenvalue weighted by Crippen LogP contribution is 2.71. The molecule has 0 N–H and O–H groups in total. The third-order valence-electron chi connectivity index (χ3n) is 21.0. The van der Waals surface area contributed by atoms with Crippen LogP contribution < -0.4 is 0 Å². The predicted octanol–water partition coefficient (Wildman–Crippen LogP) is 7.76. The van der Waals surface area contributed by atoms with Gasteiger partial charge >= 0.3 is 35.8 Å². The van der Waals surface area contributed by atoms with Gasteiger partial charge in [0.05, 0.1) is 36.6 Å². The molecule has 1 aromatic carbocycles. The van der Waals surface area contributed by atoms with E-state index in [0.717, 1.165) is 65.4 Å². The molecule has 9 fully saturated rings. The lowest BCUT2D eigenvalue weighted by molar-refractivity contribution is -0.368. The number of ether oxygens (including phenoxy) is 16. The van der Waals surface area contributed by atoms with Gasteiger partial charge in [0.25, 0.3) is 0 Å². The van der Waals surface area contributed by atoms with Gasteiger partial charge in [0.1, 0.15) is 37.1 Å². The smallest absolute Gasteiger partial charge is 0.338 e. The molecule has 22 heteroatoms. The average Bonchev–Trinajstić information content (AvgIpc) is 1.59. The van der Waals surface area contributed by atoms with Crippen LogP contribution in [0.15, 0.2) is 42.0 Å². The summed E-state index contributed by atoms with van der Waals surface area (Å²) < 4.78 is 102. The lowest BCUT2D eigenvalue weighted by atomic mass is 9.47. The number of hydrogen-bond acceptors (Lipinski definition) is 22. The lowest BCUT2D eigenvalue weighted by Gasteiger charge is -2.58. The number of allylic oxidation sites excluding steroid dienone is 1. The maximum atomic E-state index is 13.8. The van der Waals surface area contributed by atoms with Gasteiger partial charge in [0.15, 0.2) is 61.0 Å². The molecule has 0 aromatic heterocycles. The molecule has 6 saturated heterocycles. The van der Waals surface area contributed by atoms with Crippen molar-refractivity contribution < 1.29 is 105 Å². The van der Waals surface area contributed by atoms with E-state index in [1.807, 2.05) is 0 Å². The van der Waals surface area contributed by atoms with E-state index in [2.05, 4.69) is 33.8 Å². The number of carbonyl (C=O) groups excluding carboxylic acids is 6. The molecule has 26 atom stereocenters. The van der Waals surface area contributed by atoms with E-state index >= 15 is 0 Å². The summed E-state index contributed by atoms with van der Waals surface area (Å²) in [6, 6.07) is 8.41. The molecule has 482 valence electrons. The van der Waals surface area contributed by atoms with Gasteiger partial charge in [-0.3, -0.25) is 24.0 Å². The van der Waals surface area contributed by atoms with Gasteiger partial charge in [0.2, 0.25) is 0 Å². The first-order chi connectivity index (χ1) is 41.2. The summed E-state index contributed by atoms with van der Waals surface area (Å²) in [6.45, 7) is 22.5. The first-order valence-electron chi connectivity index (χ1n) is 31.6. The Bertz CT molecular complexity index is 2740. The molecule has 6 heterocycles. The van der Waals surface area contributed by atoms with Crippen LogP contribution in [0.2, 0.25) is 0 Å². The van der Waals surface area contributed by atoms with Crippen molar-refractivity contribution in [1.82, 2.24) is 0 Å². The first kappa shape index (κ1) is 63.9. The van der Waals surface area contributed by atoms with E-state index < -0.39 is 152 Å². The maximum Gasteiger partial charge on any atom is 0.338 e. The Balaban J connectivity index is 0.846. The van der Waals surface area contributed by atoms with Crippen molar-refractivity contribution >= 4 is 35.8 Å². The summed E-state index contributed by atoms with van der Waals surface area (Å²) in [5.74, 6) is -3.23. The summed E-state index contributed by atoms with van der Waals surface area (Å²) >= 11 is 0. The Morgan fingerprint density at radius 1 is 0.586 bits per heavy atom. The molecule has 11 rings (SSSR count). The number of benzene rings is 1. The van der Waals surface area contributed by atoms with Crippen LogP contribution in [0.5, 0.6) is 0 Å². The molecular weight excluding hydrogens is 1130 g/mol. The molecule has 3 saturated carbocycles. The Morgan fingerprint density at radius 3 is 1.82 bits per heavy atom. The Kier molecular flexibility index (Phi) is 18.3. The molecule has 0 bridgehead atoms. The van der Waals surface area contributed by atoms with E-state index in [-0.39, 0.29) is 22.5 Å². The Labute approximate surface area is 509 Å². The summed E-state index contributed by atoms with van der Waals surface area (Å²) in [4.78, 5) is 77.9. The van der Waals surface area contributed by atoms with Crippen LogP contribution in [-0.2, 0) is 99.8 Å². The highest BCUT2D eigenvalue weighted by Gasteiger charge is 2.69. The number of rotatable bonds is 14. The topological polar surface area (TPSA) is 250 Å². The van der Waals surface area contributed by atoms with Gasteiger partial charge in [0, 0.05) is 47.0 Å². The zero-order valence-electron chi connectivity index (χ0n) is 52.5. The highest BCUT2D eigenvalue weighted by molar-refractivity contribution is 5.89. The van der Waals surface area contributed by atoms with E-state index in [4.69, 9.17) is 75.8 Å². The molecule has 1 aromatic rings. The molecule has 10 aliphatic rings. The van der Waals surface area contributed by atoms with Crippen molar-refractivity contribution in [2.75, 3.05) is 13.2 Å². The van der Waals surface area contributed by atoms with E-state index in [9.17, 15) is 28.8 Å². The monoisotopic (exact) mass is 1220 g/mol. The number of hydrogen-bond donors (Lipinski definition) is 0. The summed E-state index contributed by atoms with van der Waals surface area (Å²) in [5, 5.41) is 0. The molecule has 22 nitrogen and oxygen atoms in total. The Morgan fingerprint density at radius 2 is 1.17 bits per heavy atom. The summed E-state index contributed by atoms with van der Waals surface area (Å²) in [7, 11) is 0. The average molecular weight is 1220 g/mol. The van der Waals surface area contributed by atoms with Gasteiger partial charge < -0.3 is 75.8 Å². The number of esters is 6. The molecule has 0 radical (unpaired) electrons. The van der Waals surface area contributed by atoms with E-state index in [1.165, 1.54) is 26.3 Å². The fourth-order valence-corrected chi connectivity index (χ4v) is 17.3. The maximum absolute atomic E-state index is 13.8. The van der Waals surface area contributed by atoms with Crippen molar-refractivity contribution in [2.24, 2.45) is 46.3 Å². The van der Waals surface area contributed by atoms with Gasteiger partial charge in [-0.05, 0) is 132 Å². The molecular formula is C65H90O22. The lowest BCUT2D eigenvalue weighted by Crippen LogP contribution is -2.66. The van der Waals surface area contributed by atoms with Crippen LogP contribution >= 0.6 is 0 Å². The second-order valence-electron chi connectivity index (χ2n) is 27.3. The zero-order chi connectivity index (χ0) is 62.2. The van der Waals surface area contributed by atoms with Gasteiger partial charge in [-0.15, -0.1) is 0 Å². The fourth-order valence-electron chi connectivity index (χ4n) is 17.3. The molecule has 0 unspecified atom stereocenters. The van der Waals surface area contributed by atoms with Crippen LogP contribution in [-0.4, -0.2) is 165 Å². The van der Waals surface area contributed by atoms with Crippen molar-refractivity contribution in [2.45, 2.75) is 264 Å². The quantitative estimate of drug-likeness (QED) is 0.0980. The SMILES string of the molecule is CC(=O)O[C@@H]1[C@@H](OC(C)=O)[C@H](C)O[C@@H](O[C@@H]2[C@H]3OC(C)(C)O[C@H]3[C@H](O[C@H]3[C@H](OC(C)=O)[C@@H](OC(C)=O)[C@H](O[C@H]4CC[C@@]5(C)C(=CC[C@H]6[C@@H]7C[C@@H]8O[C@]9(CC[C@@H](C)CO9)[C@@H](C)[C@@H]8[C@@]7(C)CC[C@@H]65)C4)O[C@@H]3COC(=O)c3ccccc3)O[C@H]2C)[C@@H]1OC(C)=O. The number of carbonyl (C=O) groups is 6. The third kappa shape index (κ3) is 12.5. The van der Waals surface area contributed by atoms with Crippen LogP contribution in [0.4, 0.5) is 0 Å². The zero-order valence-corrected chi connectivity index (χ0v) is 52.5. The minimum atomic E-state index is -1.45. The Hall–Kier alpha value is -4.62. The van der Waals surface area contributed by atoms with E-state index in [1.54, 1.807) is 58.0 Å². The molecule has 6 aliphatic heterocycles. The molecule has 1 spiro atoms. The number of fused-ring (bicyclic) bond motifs is 8. The molecule has 87 heavy (non-hydrogen) atoms. The summed E-state index contributed by atoms with van der Waals surface area (Å²) in [6.07, 6.45) is -8.06. The normalized spacial score (nSPS) is 45.2. The molecule has 4 aliphatic carbocycles. The summed E-state index contributed by atoms with van der Waals surface area (Å²) in [5.41, 5.74) is 1.70. The van der Waals surface area contributed by atoms with Crippen molar-refractivity contribution in [3.05, 3.63) is 47.5 Å².